The molecule has 2 aromatic rings. The summed E-state index contributed by atoms with van der Waals surface area (Å²) in [6.07, 6.45) is -1.01. The molecule has 0 radical (unpaired) electrons. The van der Waals surface area contributed by atoms with Crippen LogP contribution in [0.4, 0.5) is 10.5 Å². The zero-order chi connectivity index (χ0) is 28.5. The van der Waals surface area contributed by atoms with Gasteiger partial charge in [-0.05, 0) is 57.5 Å². The molecule has 206 valence electrons. The van der Waals surface area contributed by atoms with Gasteiger partial charge in [0.25, 0.3) is 5.91 Å². The molecule has 4 amide bonds. The number of alkyl carbamates (subject to hydrolysis) is 1. The van der Waals surface area contributed by atoms with Gasteiger partial charge in [0.1, 0.15) is 29.2 Å². The Morgan fingerprint density at radius 2 is 1.68 bits per heavy atom. The van der Waals surface area contributed by atoms with Gasteiger partial charge in [-0.2, -0.15) is 0 Å². The molecule has 0 spiro atoms. The van der Waals surface area contributed by atoms with Gasteiger partial charge in [0.05, 0.1) is 13.5 Å². The number of primary amides is 1. The summed E-state index contributed by atoms with van der Waals surface area (Å²) in [5, 5.41) is 15.8. The Morgan fingerprint density at radius 3 is 2.21 bits per heavy atom. The van der Waals surface area contributed by atoms with Crippen LogP contribution in [-0.2, 0) is 19.1 Å². The van der Waals surface area contributed by atoms with Crippen molar-refractivity contribution in [1.82, 2.24) is 10.2 Å². The molecule has 2 aromatic carbocycles. The number of hydrogen-bond donors (Lipinski definition) is 4. The molecular formula is C27H36N4O7. The third-order valence-corrected chi connectivity index (χ3v) is 5.29. The lowest BCUT2D eigenvalue weighted by molar-refractivity contribution is -0.142. The first-order valence-corrected chi connectivity index (χ1v) is 12.2. The molecule has 38 heavy (non-hydrogen) atoms. The predicted molar refractivity (Wildman–Crippen MR) is 141 cm³/mol. The highest BCUT2D eigenvalue weighted by Crippen LogP contribution is 2.31. The van der Waals surface area contributed by atoms with Crippen molar-refractivity contribution in [2.45, 2.75) is 58.2 Å². The fraction of sp³-hybridized carbons (Fsp3) is 0.407. The second kappa shape index (κ2) is 13.3. The second-order valence-corrected chi connectivity index (χ2v) is 9.58. The van der Waals surface area contributed by atoms with E-state index in [1.807, 2.05) is 0 Å². The van der Waals surface area contributed by atoms with E-state index in [0.717, 1.165) is 0 Å². The van der Waals surface area contributed by atoms with Crippen LogP contribution >= 0.6 is 0 Å². The van der Waals surface area contributed by atoms with E-state index in [4.69, 9.17) is 15.2 Å². The summed E-state index contributed by atoms with van der Waals surface area (Å²) in [5.41, 5.74) is 5.11. The number of ether oxygens (including phenoxy) is 2. The van der Waals surface area contributed by atoms with Crippen molar-refractivity contribution in [2.75, 3.05) is 19.0 Å². The summed E-state index contributed by atoms with van der Waals surface area (Å²) in [5.74, 6) is -1.81. The van der Waals surface area contributed by atoms with Crippen LogP contribution in [0.2, 0.25) is 0 Å². The monoisotopic (exact) mass is 528 g/mol. The molecular weight excluding hydrogens is 492 g/mol. The Morgan fingerprint density at radius 1 is 1.05 bits per heavy atom. The van der Waals surface area contributed by atoms with E-state index >= 15 is 0 Å². The van der Waals surface area contributed by atoms with E-state index in [1.165, 1.54) is 24.1 Å². The normalized spacial score (nSPS) is 12.6. The van der Waals surface area contributed by atoms with Gasteiger partial charge < -0.3 is 35.8 Å². The Hall–Kier alpha value is -4.28. The highest BCUT2D eigenvalue weighted by atomic mass is 16.6. The molecule has 0 fully saturated rings. The molecule has 0 aliphatic carbocycles. The Balaban J connectivity index is 2.50. The smallest absolute Gasteiger partial charge is 0.408 e. The van der Waals surface area contributed by atoms with Crippen molar-refractivity contribution < 1.29 is 33.8 Å². The average molecular weight is 529 g/mol. The van der Waals surface area contributed by atoms with E-state index in [-0.39, 0.29) is 17.9 Å². The van der Waals surface area contributed by atoms with Crippen molar-refractivity contribution in [1.29, 1.82) is 0 Å². The molecule has 2 unspecified atom stereocenters. The van der Waals surface area contributed by atoms with Crippen LogP contribution in [0.25, 0.3) is 0 Å². The molecule has 0 aliphatic heterocycles. The Labute approximate surface area is 222 Å². The first-order valence-electron chi connectivity index (χ1n) is 12.2. The van der Waals surface area contributed by atoms with Crippen molar-refractivity contribution in [2.24, 2.45) is 5.73 Å². The zero-order valence-corrected chi connectivity index (χ0v) is 22.3. The Kier molecular flexibility index (Phi) is 10.5. The van der Waals surface area contributed by atoms with Crippen LogP contribution in [-0.4, -0.2) is 59.1 Å². The summed E-state index contributed by atoms with van der Waals surface area (Å²) >= 11 is 0. The number of aromatic hydroxyl groups is 1. The van der Waals surface area contributed by atoms with Crippen molar-refractivity contribution in [3.8, 4) is 11.5 Å². The number of nitrogens with two attached hydrogens (primary N) is 1. The van der Waals surface area contributed by atoms with Gasteiger partial charge in [-0.3, -0.25) is 14.4 Å². The van der Waals surface area contributed by atoms with Gasteiger partial charge in [-0.15, -0.1) is 0 Å². The van der Waals surface area contributed by atoms with Crippen LogP contribution in [0.15, 0.2) is 48.5 Å². The van der Waals surface area contributed by atoms with Crippen molar-refractivity contribution in [3.05, 3.63) is 54.1 Å². The molecule has 0 saturated heterocycles. The molecule has 11 heteroatoms. The number of nitrogens with zero attached hydrogens (tertiary/aromatic N) is 1. The molecule has 0 saturated carbocycles. The number of hydrogen-bond acceptors (Lipinski definition) is 7. The van der Waals surface area contributed by atoms with Crippen molar-refractivity contribution in [3.63, 3.8) is 0 Å². The summed E-state index contributed by atoms with van der Waals surface area (Å²) in [4.78, 5) is 52.9. The maximum absolute atomic E-state index is 13.8. The number of methoxy groups -OCH3 is 1. The summed E-state index contributed by atoms with van der Waals surface area (Å²) in [7, 11) is 1.52. The molecule has 0 heterocycles. The standard InChI is InChI=1S/C27H36N4O7/c1-6-15-31(25(35)20(16-22(28)33)30-26(36)38-27(2,3)4)23(19-9-7-8-10-21(19)32)24(34)29-17-11-13-18(37-5)14-12-17/h7-14,20,23,32H,6,15-16H2,1-5H3,(H2,28,33)(H,29,34)(H,30,36). The summed E-state index contributed by atoms with van der Waals surface area (Å²) in [6, 6.07) is 10.00. The van der Waals surface area contributed by atoms with Gasteiger partial charge >= 0.3 is 6.09 Å². The van der Waals surface area contributed by atoms with Crippen molar-refractivity contribution >= 4 is 29.5 Å². The zero-order valence-electron chi connectivity index (χ0n) is 22.3. The highest BCUT2D eigenvalue weighted by molar-refractivity contribution is 6.00. The topological polar surface area (TPSA) is 160 Å². The van der Waals surface area contributed by atoms with Gasteiger partial charge in [-0.25, -0.2) is 4.79 Å². The minimum Gasteiger partial charge on any atom is -0.508 e. The molecule has 2 atom stereocenters. The maximum Gasteiger partial charge on any atom is 0.408 e. The number of phenolic OH excluding ortho intramolecular Hbond substituents is 1. The largest absolute Gasteiger partial charge is 0.508 e. The SMILES string of the molecule is CCCN(C(=O)C(CC(N)=O)NC(=O)OC(C)(C)C)C(C(=O)Nc1ccc(OC)cc1)c1ccccc1O. The Bertz CT molecular complexity index is 1130. The quantitative estimate of drug-likeness (QED) is 0.348. The number of para-hydroxylation sites is 1. The van der Waals surface area contributed by atoms with Crippen LogP contribution < -0.4 is 21.1 Å². The minimum atomic E-state index is -1.41. The van der Waals surface area contributed by atoms with E-state index in [0.29, 0.717) is 17.9 Å². The fourth-order valence-corrected chi connectivity index (χ4v) is 3.71. The van der Waals surface area contributed by atoms with Crippen LogP contribution in [0.3, 0.4) is 0 Å². The van der Waals surface area contributed by atoms with E-state index in [2.05, 4.69) is 10.6 Å². The molecule has 5 N–H and O–H groups in total. The first-order chi connectivity index (χ1) is 17.9. The highest BCUT2D eigenvalue weighted by Gasteiger charge is 2.37. The van der Waals surface area contributed by atoms with Gasteiger partial charge in [0.15, 0.2) is 0 Å². The van der Waals surface area contributed by atoms with E-state index < -0.39 is 47.9 Å². The lowest BCUT2D eigenvalue weighted by atomic mass is 10.0. The van der Waals surface area contributed by atoms with Gasteiger partial charge in [0, 0.05) is 17.8 Å². The number of nitrogens with one attached hydrogen (secondary N) is 2. The number of carbonyl (C=O) groups excluding carboxylic acids is 4. The van der Waals surface area contributed by atoms with Crippen LogP contribution in [0, 0.1) is 0 Å². The number of anilines is 1. The fourth-order valence-electron chi connectivity index (χ4n) is 3.71. The third kappa shape index (κ3) is 8.68. The van der Waals surface area contributed by atoms with Gasteiger partial charge in [-0.1, -0.05) is 25.1 Å². The molecule has 11 nitrogen and oxygen atoms in total. The van der Waals surface area contributed by atoms with E-state index in [9.17, 15) is 24.3 Å². The molecule has 2 rings (SSSR count). The minimum absolute atomic E-state index is 0.0686. The predicted octanol–water partition coefficient (Wildman–Crippen LogP) is 3.09. The van der Waals surface area contributed by atoms with Gasteiger partial charge in [0.2, 0.25) is 11.8 Å². The molecule has 0 aliphatic rings. The summed E-state index contributed by atoms with van der Waals surface area (Å²) < 4.78 is 10.4. The second-order valence-electron chi connectivity index (χ2n) is 9.58. The number of rotatable bonds is 11. The van der Waals surface area contributed by atoms with E-state index in [1.54, 1.807) is 64.1 Å². The number of benzene rings is 2. The van der Waals surface area contributed by atoms with Crippen LogP contribution in [0.5, 0.6) is 11.5 Å². The lowest BCUT2D eigenvalue weighted by Gasteiger charge is -2.34. The first kappa shape index (κ1) is 29.9. The number of amides is 4. The molecule has 0 aromatic heterocycles. The third-order valence-electron chi connectivity index (χ3n) is 5.29. The number of carbonyl (C=O) groups is 4. The van der Waals surface area contributed by atoms with Crippen LogP contribution in [0.1, 0.15) is 52.1 Å². The maximum atomic E-state index is 13.8. The summed E-state index contributed by atoms with van der Waals surface area (Å²) in [6.45, 7) is 6.82. The lowest BCUT2D eigenvalue weighted by Crippen LogP contribution is -2.53. The number of phenols is 1. The average Bonchev–Trinajstić information content (AvgIpc) is 2.83. The molecule has 0 bridgehead atoms.